The summed E-state index contributed by atoms with van der Waals surface area (Å²) in [4.78, 5) is 13.2. The van der Waals surface area contributed by atoms with Crippen molar-refractivity contribution in [2.45, 2.75) is 32.5 Å². The Balaban J connectivity index is 2.39. The number of hydrogen-bond donors (Lipinski definition) is 2. The van der Waals surface area contributed by atoms with Crippen LogP contribution in [0.5, 0.6) is 5.75 Å². The smallest absolute Gasteiger partial charge is 0.317 e. The first kappa shape index (κ1) is 17.2. The molecule has 0 bridgehead atoms. The summed E-state index contributed by atoms with van der Waals surface area (Å²) in [5.41, 5.74) is -0.949. The Kier molecular flexibility index (Phi) is 5.96. The van der Waals surface area contributed by atoms with Crippen molar-refractivity contribution in [1.29, 1.82) is 0 Å². The SMILES string of the molecule is CC(CNC(=O)N(C)CC(C)(C)O)Oc1cccc(F)c1. The van der Waals surface area contributed by atoms with Gasteiger partial charge in [0.1, 0.15) is 17.7 Å². The third-order valence-electron chi connectivity index (χ3n) is 2.64. The lowest BCUT2D eigenvalue weighted by molar-refractivity contribution is 0.0528. The highest BCUT2D eigenvalue weighted by atomic mass is 19.1. The molecule has 0 radical (unpaired) electrons. The van der Waals surface area contributed by atoms with Crippen LogP contribution in [0.2, 0.25) is 0 Å². The van der Waals surface area contributed by atoms with E-state index >= 15 is 0 Å². The van der Waals surface area contributed by atoms with Crippen molar-refractivity contribution in [3.63, 3.8) is 0 Å². The maximum Gasteiger partial charge on any atom is 0.317 e. The molecule has 0 fully saturated rings. The second-order valence-electron chi connectivity index (χ2n) is 5.74. The van der Waals surface area contributed by atoms with E-state index < -0.39 is 5.60 Å². The number of nitrogens with one attached hydrogen (secondary N) is 1. The predicted octanol–water partition coefficient (Wildman–Crippen LogP) is 2.01. The van der Waals surface area contributed by atoms with Gasteiger partial charge in [0.2, 0.25) is 0 Å². The van der Waals surface area contributed by atoms with Crippen molar-refractivity contribution in [3.05, 3.63) is 30.1 Å². The van der Waals surface area contributed by atoms with E-state index in [4.69, 9.17) is 4.74 Å². The van der Waals surface area contributed by atoms with E-state index in [0.29, 0.717) is 5.75 Å². The fourth-order valence-corrected chi connectivity index (χ4v) is 1.83. The van der Waals surface area contributed by atoms with E-state index in [1.807, 2.05) is 0 Å². The van der Waals surface area contributed by atoms with Gasteiger partial charge in [-0.1, -0.05) is 6.07 Å². The van der Waals surface area contributed by atoms with Gasteiger partial charge in [-0.15, -0.1) is 0 Å². The third-order valence-corrected chi connectivity index (χ3v) is 2.64. The van der Waals surface area contributed by atoms with Crippen molar-refractivity contribution < 1.29 is 19.0 Å². The molecule has 0 aliphatic heterocycles. The molecular formula is C15H23FN2O3. The Morgan fingerprint density at radius 1 is 1.52 bits per heavy atom. The molecule has 1 aromatic rings. The van der Waals surface area contributed by atoms with Gasteiger partial charge in [-0.3, -0.25) is 0 Å². The standard InChI is InChI=1S/C15H23FN2O3/c1-11(21-13-7-5-6-12(16)8-13)9-17-14(19)18(4)10-15(2,3)20/h5-8,11,20H,9-10H2,1-4H3,(H,17,19). The Bertz CT molecular complexity index is 474. The van der Waals surface area contributed by atoms with Gasteiger partial charge in [0.15, 0.2) is 0 Å². The molecule has 0 saturated heterocycles. The van der Waals surface area contributed by atoms with Gasteiger partial charge in [-0.05, 0) is 32.9 Å². The van der Waals surface area contributed by atoms with Gasteiger partial charge in [0, 0.05) is 13.1 Å². The van der Waals surface area contributed by atoms with E-state index in [9.17, 15) is 14.3 Å². The number of carbonyl (C=O) groups is 1. The van der Waals surface area contributed by atoms with E-state index in [1.54, 1.807) is 40.0 Å². The first-order valence-electron chi connectivity index (χ1n) is 6.81. The van der Waals surface area contributed by atoms with Crippen molar-refractivity contribution >= 4 is 6.03 Å². The molecule has 1 rings (SSSR count). The van der Waals surface area contributed by atoms with Crippen LogP contribution in [0.4, 0.5) is 9.18 Å². The molecule has 1 unspecified atom stereocenters. The number of hydrogen-bond acceptors (Lipinski definition) is 3. The highest BCUT2D eigenvalue weighted by Gasteiger charge is 2.19. The van der Waals surface area contributed by atoms with Crippen LogP contribution in [-0.4, -0.2) is 47.9 Å². The van der Waals surface area contributed by atoms with Gasteiger partial charge in [-0.2, -0.15) is 0 Å². The molecule has 118 valence electrons. The summed E-state index contributed by atoms with van der Waals surface area (Å²) >= 11 is 0. The molecule has 0 aromatic heterocycles. The summed E-state index contributed by atoms with van der Waals surface area (Å²) in [5.74, 6) is 0.0511. The molecule has 0 spiro atoms. The van der Waals surface area contributed by atoms with Crippen molar-refractivity contribution in [3.8, 4) is 5.75 Å². The highest BCUT2D eigenvalue weighted by molar-refractivity contribution is 5.73. The van der Waals surface area contributed by atoms with E-state index in [0.717, 1.165) is 0 Å². The monoisotopic (exact) mass is 298 g/mol. The van der Waals surface area contributed by atoms with Gasteiger partial charge >= 0.3 is 6.03 Å². The van der Waals surface area contributed by atoms with Crippen LogP contribution in [0.15, 0.2) is 24.3 Å². The van der Waals surface area contributed by atoms with E-state index in [2.05, 4.69) is 5.32 Å². The van der Waals surface area contributed by atoms with Crippen molar-refractivity contribution in [2.24, 2.45) is 0 Å². The molecule has 0 heterocycles. The number of likely N-dealkylation sites (N-methyl/N-ethyl adjacent to an activating group) is 1. The molecule has 1 atom stereocenters. The first-order valence-corrected chi connectivity index (χ1v) is 6.81. The average Bonchev–Trinajstić information content (AvgIpc) is 2.33. The normalized spacial score (nSPS) is 12.7. The quantitative estimate of drug-likeness (QED) is 0.844. The molecule has 5 nitrogen and oxygen atoms in total. The molecule has 0 saturated carbocycles. The van der Waals surface area contributed by atoms with Crippen molar-refractivity contribution in [1.82, 2.24) is 10.2 Å². The number of urea groups is 1. The summed E-state index contributed by atoms with van der Waals surface area (Å²) in [7, 11) is 1.60. The number of amides is 2. The number of benzene rings is 1. The minimum Gasteiger partial charge on any atom is -0.489 e. The molecule has 2 amide bonds. The lowest BCUT2D eigenvalue weighted by atomic mass is 10.1. The largest absolute Gasteiger partial charge is 0.489 e. The third kappa shape index (κ3) is 6.94. The van der Waals surface area contributed by atoms with Crippen LogP contribution < -0.4 is 10.1 Å². The minimum absolute atomic E-state index is 0.220. The van der Waals surface area contributed by atoms with Crippen LogP contribution >= 0.6 is 0 Å². The van der Waals surface area contributed by atoms with Crippen molar-refractivity contribution in [2.75, 3.05) is 20.1 Å². The van der Waals surface area contributed by atoms with Crippen LogP contribution in [-0.2, 0) is 0 Å². The molecule has 21 heavy (non-hydrogen) atoms. The Hall–Kier alpha value is -1.82. The number of carbonyl (C=O) groups excluding carboxylic acids is 1. The molecular weight excluding hydrogens is 275 g/mol. The highest BCUT2D eigenvalue weighted by Crippen LogP contribution is 2.13. The number of aliphatic hydroxyl groups is 1. The number of halogens is 1. The van der Waals surface area contributed by atoms with Crippen LogP contribution in [0.3, 0.4) is 0 Å². The van der Waals surface area contributed by atoms with Gasteiger partial charge in [-0.25, -0.2) is 9.18 Å². The summed E-state index contributed by atoms with van der Waals surface area (Å²) in [6.45, 7) is 5.55. The van der Waals surface area contributed by atoms with Crippen LogP contribution in [0, 0.1) is 5.82 Å². The molecule has 0 aliphatic rings. The van der Waals surface area contributed by atoms with Gasteiger partial charge < -0.3 is 20.1 Å². The van der Waals surface area contributed by atoms with Gasteiger partial charge in [0.05, 0.1) is 18.7 Å². The topological polar surface area (TPSA) is 61.8 Å². The Morgan fingerprint density at radius 2 is 2.19 bits per heavy atom. The molecule has 2 N–H and O–H groups in total. The summed E-state index contributed by atoms with van der Waals surface area (Å²) < 4.78 is 18.5. The fraction of sp³-hybridized carbons (Fsp3) is 0.533. The molecule has 0 aliphatic carbocycles. The molecule has 6 heteroatoms. The minimum atomic E-state index is -0.949. The summed E-state index contributed by atoms with van der Waals surface area (Å²) in [6.07, 6.45) is -0.300. The summed E-state index contributed by atoms with van der Waals surface area (Å²) in [5, 5.41) is 12.4. The van der Waals surface area contributed by atoms with E-state index in [1.165, 1.54) is 17.0 Å². The Labute approximate surface area is 124 Å². The molecule has 1 aromatic carbocycles. The number of nitrogens with zero attached hydrogens (tertiary/aromatic N) is 1. The van der Waals surface area contributed by atoms with Gasteiger partial charge in [0.25, 0.3) is 0 Å². The fourth-order valence-electron chi connectivity index (χ4n) is 1.83. The predicted molar refractivity (Wildman–Crippen MR) is 78.8 cm³/mol. The lowest BCUT2D eigenvalue weighted by Gasteiger charge is -2.26. The lowest BCUT2D eigenvalue weighted by Crippen LogP contribution is -2.46. The first-order chi connectivity index (χ1) is 9.67. The second-order valence-corrected chi connectivity index (χ2v) is 5.74. The van der Waals surface area contributed by atoms with Crippen LogP contribution in [0.25, 0.3) is 0 Å². The maximum absolute atomic E-state index is 13.0. The summed E-state index contributed by atoms with van der Waals surface area (Å²) in [6, 6.07) is 5.55. The maximum atomic E-state index is 13.0. The zero-order chi connectivity index (χ0) is 16.0. The number of ether oxygens (including phenoxy) is 1. The second kappa shape index (κ2) is 7.26. The van der Waals surface area contributed by atoms with E-state index in [-0.39, 0.29) is 31.0 Å². The average molecular weight is 298 g/mol. The van der Waals surface area contributed by atoms with Crippen LogP contribution in [0.1, 0.15) is 20.8 Å². The Morgan fingerprint density at radius 3 is 2.76 bits per heavy atom. The zero-order valence-corrected chi connectivity index (χ0v) is 12.9. The zero-order valence-electron chi connectivity index (χ0n) is 12.9. The number of rotatable bonds is 6.